The van der Waals surface area contributed by atoms with Crippen LogP contribution in [0.15, 0.2) is 0 Å². The lowest BCUT2D eigenvalue weighted by Gasteiger charge is -2.36. The Morgan fingerprint density at radius 2 is 1.68 bits per heavy atom. The lowest BCUT2D eigenvalue weighted by molar-refractivity contribution is -0.122. The summed E-state index contributed by atoms with van der Waals surface area (Å²) < 4.78 is 11.0. The Hall–Kier alpha value is -1.10. The van der Waals surface area contributed by atoms with E-state index in [2.05, 4.69) is 0 Å². The number of Topliss-reactive ketones (excluding diaryl/α,β-unsaturated/α-hetero) is 1. The molecule has 0 aromatic rings. The molecule has 5 heteroatoms. The van der Waals surface area contributed by atoms with Crippen molar-refractivity contribution in [3.05, 3.63) is 0 Å². The molecule has 1 amide bonds. The van der Waals surface area contributed by atoms with Gasteiger partial charge in [0.1, 0.15) is 17.9 Å². The van der Waals surface area contributed by atoms with Crippen molar-refractivity contribution < 1.29 is 19.1 Å². The molecule has 0 aliphatic carbocycles. The van der Waals surface area contributed by atoms with Gasteiger partial charge >= 0.3 is 6.09 Å². The van der Waals surface area contributed by atoms with Crippen molar-refractivity contribution in [3.8, 4) is 0 Å². The van der Waals surface area contributed by atoms with Gasteiger partial charge in [0, 0.05) is 5.41 Å². The molecule has 1 aliphatic heterocycles. The van der Waals surface area contributed by atoms with Crippen molar-refractivity contribution in [2.75, 3.05) is 6.61 Å². The van der Waals surface area contributed by atoms with Crippen molar-refractivity contribution in [1.82, 2.24) is 4.90 Å². The number of carbonyl (C=O) groups is 2. The molecule has 5 nitrogen and oxygen atoms in total. The van der Waals surface area contributed by atoms with E-state index in [9.17, 15) is 9.59 Å². The van der Waals surface area contributed by atoms with Gasteiger partial charge in [-0.25, -0.2) is 4.79 Å². The van der Waals surface area contributed by atoms with Crippen molar-refractivity contribution in [2.45, 2.75) is 66.3 Å². The summed E-state index contributed by atoms with van der Waals surface area (Å²) in [6, 6.07) is -0.556. The van der Waals surface area contributed by atoms with Crippen LogP contribution < -0.4 is 0 Å². The van der Waals surface area contributed by atoms with Crippen LogP contribution in [-0.2, 0) is 14.3 Å². The monoisotopic (exact) mass is 271 g/mol. The zero-order valence-corrected chi connectivity index (χ0v) is 12.9. The first-order valence-corrected chi connectivity index (χ1v) is 6.57. The largest absolute Gasteiger partial charge is 0.444 e. The van der Waals surface area contributed by atoms with Gasteiger partial charge in [0.25, 0.3) is 0 Å². The minimum Gasteiger partial charge on any atom is -0.444 e. The molecule has 1 rings (SSSR count). The van der Waals surface area contributed by atoms with Gasteiger partial charge in [-0.3, -0.25) is 9.69 Å². The topological polar surface area (TPSA) is 55.8 Å². The standard InChI is InChI=1S/C14H25NO4/c1-9(16)10-8-18-11(13(2,3)4)15(10)12(17)19-14(5,6)7/h10-11H,8H2,1-7H3/t10-,11+/m1/s1. The first kappa shape index (κ1) is 16.0. The molecule has 0 radical (unpaired) electrons. The molecule has 110 valence electrons. The van der Waals surface area contributed by atoms with Gasteiger partial charge in [-0.15, -0.1) is 0 Å². The lowest BCUT2D eigenvalue weighted by atomic mass is 9.93. The Bertz CT molecular complexity index is 365. The molecule has 0 aromatic heterocycles. The number of carbonyl (C=O) groups excluding carboxylic acids is 2. The summed E-state index contributed by atoms with van der Waals surface area (Å²) in [5.41, 5.74) is -0.870. The molecular formula is C14H25NO4. The van der Waals surface area contributed by atoms with Gasteiger partial charge in [0.05, 0.1) is 6.61 Å². The molecule has 2 atom stereocenters. The summed E-state index contributed by atoms with van der Waals surface area (Å²) in [5, 5.41) is 0. The predicted octanol–water partition coefficient (Wildman–Crippen LogP) is 2.58. The number of hydrogen-bond donors (Lipinski definition) is 0. The third-order valence-electron chi connectivity index (χ3n) is 2.81. The molecule has 0 N–H and O–H groups in total. The maximum Gasteiger partial charge on any atom is 0.413 e. The SMILES string of the molecule is CC(=O)[C@H]1CO[C@@H](C(C)(C)C)N1C(=O)OC(C)(C)C. The van der Waals surface area contributed by atoms with Crippen LogP contribution in [0.25, 0.3) is 0 Å². The third kappa shape index (κ3) is 3.93. The molecule has 0 saturated carbocycles. The summed E-state index contributed by atoms with van der Waals surface area (Å²) in [6.45, 7) is 13.0. The van der Waals surface area contributed by atoms with E-state index in [4.69, 9.17) is 9.47 Å². The zero-order chi connectivity index (χ0) is 15.0. The molecule has 0 bridgehead atoms. The number of rotatable bonds is 1. The normalized spacial score (nSPS) is 24.5. The number of hydrogen-bond acceptors (Lipinski definition) is 4. The van der Waals surface area contributed by atoms with Crippen molar-refractivity contribution in [1.29, 1.82) is 0 Å². The summed E-state index contributed by atoms with van der Waals surface area (Å²) in [7, 11) is 0. The molecule has 0 unspecified atom stereocenters. The minimum atomic E-state index is -0.594. The maximum atomic E-state index is 12.3. The van der Waals surface area contributed by atoms with E-state index in [-0.39, 0.29) is 17.8 Å². The van der Waals surface area contributed by atoms with Gasteiger partial charge in [-0.2, -0.15) is 0 Å². The van der Waals surface area contributed by atoms with Crippen LogP contribution >= 0.6 is 0 Å². The summed E-state index contributed by atoms with van der Waals surface area (Å²) >= 11 is 0. The molecule has 0 aromatic carbocycles. The van der Waals surface area contributed by atoms with E-state index in [0.29, 0.717) is 0 Å². The predicted molar refractivity (Wildman–Crippen MR) is 71.7 cm³/mol. The third-order valence-corrected chi connectivity index (χ3v) is 2.81. The summed E-state index contributed by atoms with van der Waals surface area (Å²) in [4.78, 5) is 25.4. The van der Waals surface area contributed by atoms with Gasteiger partial charge in [0.2, 0.25) is 0 Å². The van der Waals surface area contributed by atoms with Crippen molar-refractivity contribution in [3.63, 3.8) is 0 Å². The maximum absolute atomic E-state index is 12.3. The fraction of sp³-hybridized carbons (Fsp3) is 0.857. The Morgan fingerprint density at radius 3 is 2.05 bits per heavy atom. The van der Waals surface area contributed by atoms with Crippen LogP contribution in [0.4, 0.5) is 4.79 Å². The fourth-order valence-electron chi connectivity index (χ4n) is 2.02. The van der Waals surface area contributed by atoms with Crippen LogP contribution in [0.1, 0.15) is 48.5 Å². The Balaban J connectivity index is 2.99. The zero-order valence-electron chi connectivity index (χ0n) is 12.9. The van der Waals surface area contributed by atoms with E-state index >= 15 is 0 Å². The first-order chi connectivity index (χ1) is 8.43. The molecule has 1 fully saturated rings. The number of nitrogens with zero attached hydrogens (tertiary/aromatic N) is 1. The second kappa shape index (κ2) is 5.12. The fourth-order valence-corrected chi connectivity index (χ4v) is 2.02. The lowest BCUT2D eigenvalue weighted by Crippen LogP contribution is -2.51. The second-order valence-corrected chi connectivity index (χ2v) is 7.07. The van der Waals surface area contributed by atoms with Crippen molar-refractivity contribution >= 4 is 11.9 Å². The first-order valence-electron chi connectivity index (χ1n) is 6.57. The van der Waals surface area contributed by atoms with Crippen LogP contribution in [-0.4, -0.2) is 41.3 Å². The van der Waals surface area contributed by atoms with Gasteiger partial charge in [-0.1, -0.05) is 20.8 Å². The summed E-state index contributed by atoms with van der Waals surface area (Å²) in [6.07, 6.45) is -0.943. The minimum absolute atomic E-state index is 0.0855. The second-order valence-electron chi connectivity index (χ2n) is 7.07. The average Bonchev–Trinajstić information content (AvgIpc) is 2.57. The molecular weight excluding hydrogens is 246 g/mol. The molecule has 1 heterocycles. The molecule has 0 spiro atoms. The van der Waals surface area contributed by atoms with Gasteiger partial charge in [0.15, 0.2) is 5.78 Å². The van der Waals surface area contributed by atoms with Crippen LogP contribution in [0, 0.1) is 5.41 Å². The Morgan fingerprint density at radius 1 is 1.16 bits per heavy atom. The smallest absolute Gasteiger partial charge is 0.413 e. The van der Waals surface area contributed by atoms with E-state index in [0.717, 1.165) is 0 Å². The number of ether oxygens (including phenoxy) is 2. The Kier molecular flexibility index (Phi) is 4.30. The highest BCUT2D eigenvalue weighted by Gasteiger charge is 2.47. The van der Waals surface area contributed by atoms with E-state index in [1.165, 1.54) is 11.8 Å². The number of ketones is 1. The molecule has 1 aliphatic rings. The average molecular weight is 271 g/mol. The van der Waals surface area contributed by atoms with E-state index in [1.54, 1.807) is 20.8 Å². The van der Waals surface area contributed by atoms with Gasteiger partial charge < -0.3 is 9.47 Å². The van der Waals surface area contributed by atoms with Crippen molar-refractivity contribution in [2.24, 2.45) is 5.41 Å². The highest BCUT2D eigenvalue weighted by molar-refractivity contribution is 5.86. The highest BCUT2D eigenvalue weighted by Crippen LogP contribution is 2.33. The molecule has 1 saturated heterocycles. The van der Waals surface area contributed by atoms with Crippen LogP contribution in [0.3, 0.4) is 0 Å². The Labute approximate surface area is 115 Å². The van der Waals surface area contributed by atoms with E-state index in [1.807, 2.05) is 20.8 Å². The van der Waals surface area contributed by atoms with Crippen LogP contribution in [0.2, 0.25) is 0 Å². The highest BCUT2D eigenvalue weighted by atomic mass is 16.6. The quantitative estimate of drug-likeness (QED) is 0.735. The van der Waals surface area contributed by atoms with Crippen LogP contribution in [0.5, 0.6) is 0 Å². The molecule has 19 heavy (non-hydrogen) atoms. The number of amides is 1. The summed E-state index contributed by atoms with van der Waals surface area (Å²) in [5.74, 6) is -0.0855. The van der Waals surface area contributed by atoms with E-state index < -0.39 is 24.0 Å². The van der Waals surface area contributed by atoms with Gasteiger partial charge in [-0.05, 0) is 27.7 Å².